The molecule has 0 saturated carbocycles. The summed E-state index contributed by atoms with van der Waals surface area (Å²) in [4.78, 5) is 29.0. The van der Waals surface area contributed by atoms with Gasteiger partial charge in [0.05, 0.1) is 17.2 Å². The number of carbonyl (C=O) groups excluding carboxylic acids is 2. The second-order valence-electron chi connectivity index (χ2n) is 3.88. The number of carbonyl (C=O) groups is 2. The van der Waals surface area contributed by atoms with E-state index in [2.05, 4.69) is 0 Å². The molecule has 1 atom stereocenters. The summed E-state index contributed by atoms with van der Waals surface area (Å²) in [6.07, 6.45) is -0.0184. The molecular weight excluding hydrogens is 222 g/mol. The summed E-state index contributed by atoms with van der Waals surface area (Å²) in [5.74, 6) is -0.897. The third kappa shape index (κ3) is 2.07. The summed E-state index contributed by atoms with van der Waals surface area (Å²) < 4.78 is 0. The fourth-order valence-corrected chi connectivity index (χ4v) is 1.68. The number of nitrogens with zero attached hydrogens (tertiary/aromatic N) is 1. The maximum absolute atomic E-state index is 11.9. The molecule has 0 aliphatic carbocycles. The normalized spacial score (nSPS) is 16.2. The molecule has 1 heterocycles. The molecule has 0 unspecified atom stereocenters. The van der Waals surface area contributed by atoms with E-state index >= 15 is 0 Å². The molecule has 0 saturated heterocycles. The van der Waals surface area contributed by atoms with Crippen LogP contribution in [0.5, 0.6) is 0 Å². The van der Waals surface area contributed by atoms with Crippen LogP contribution in [0.1, 0.15) is 34.1 Å². The Labute approximate surface area is 98.6 Å². The molecule has 5 nitrogen and oxygen atoms in total. The van der Waals surface area contributed by atoms with E-state index in [0.717, 1.165) is 5.06 Å². The highest BCUT2D eigenvalue weighted by molar-refractivity contribution is 6.20. The van der Waals surface area contributed by atoms with Crippen LogP contribution in [0.25, 0.3) is 0 Å². The van der Waals surface area contributed by atoms with Gasteiger partial charge in [-0.25, -0.2) is 0 Å². The molecule has 0 aromatic heterocycles. The summed E-state index contributed by atoms with van der Waals surface area (Å²) in [5, 5.41) is 9.52. The van der Waals surface area contributed by atoms with Crippen molar-refractivity contribution in [3.63, 3.8) is 0 Å². The first-order valence-electron chi connectivity index (χ1n) is 5.40. The molecule has 1 N–H and O–H groups in total. The van der Waals surface area contributed by atoms with E-state index in [4.69, 9.17) is 9.94 Å². The second kappa shape index (κ2) is 4.65. The SMILES string of the molecule is C[C@H](CCO)ON1C(=O)c2ccccc2C1=O. The van der Waals surface area contributed by atoms with Crippen LogP contribution in [0.3, 0.4) is 0 Å². The molecule has 1 aliphatic rings. The average molecular weight is 235 g/mol. The van der Waals surface area contributed by atoms with Crippen molar-refractivity contribution in [2.75, 3.05) is 6.61 Å². The molecule has 0 spiro atoms. The number of amides is 2. The minimum absolute atomic E-state index is 0.0513. The lowest BCUT2D eigenvalue weighted by Gasteiger charge is -2.18. The van der Waals surface area contributed by atoms with Crippen LogP contribution in [-0.2, 0) is 4.84 Å². The Bertz CT molecular complexity index is 423. The third-order valence-electron chi connectivity index (χ3n) is 2.58. The number of benzene rings is 1. The first-order chi connectivity index (χ1) is 8.15. The van der Waals surface area contributed by atoms with Crippen molar-refractivity contribution in [3.8, 4) is 0 Å². The lowest BCUT2D eigenvalue weighted by molar-refractivity contribution is -0.130. The molecule has 1 aliphatic heterocycles. The highest BCUT2D eigenvalue weighted by Crippen LogP contribution is 2.23. The summed E-state index contributed by atoms with van der Waals surface area (Å²) in [6.45, 7) is 1.64. The molecule has 1 aromatic rings. The van der Waals surface area contributed by atoms with Gasteiger partial charge < -0.3 is 5.11 Å². The van der Waals surface area contributed by atoms with Crippen molar-refractivity contribution in [3.05, 3.63) is 35.4 Å². The van der Waals surface area contributed by atoms with E-state index in [1.807, 2.05) is 0 Å². The van der Waals surface area contributed by atoms with Crippen LogP contribution in [-0.4, -0.2) is 34.7 Å². The van der Waals surface area contributed by atoms with Crippen molar-refractivity contribution in [1.29, 1.82) is 0 Å². The Kier molecular flexibility index (Phi) is 3.21. The Morgan fingerprint density at radius 3 is 2.24 bits per heavy atom. The Balaban J connectivity index is 2.19. The minimum atomic E-state index is -0.449. The van der Waals surface area contributed by atoms with E-state index in [-0.39, 0.29) is 12.7 Å². The van der Waals surface area contributed by atoms with Crippen LogP contribution in [0.2, 0.25) is 0 Å². The predicted molar refractivity (Wildman–Crippen MR) is 59.2 cm³/mol. The van der Waals surface area contributed by atoms with Crippen molar-refractivity contribution in [2.45, 2.75) is 19.4 Å². The van der Waals surface area contributed by atoms with Gasteiger partial charge in [0.2, 0.25) is 0 Å². The second-order valence-corrected chi connectivity index (χ2v) is 3.88. The lowest BCUT2D eigenvalue weighted by Crippen LogP contribution is -2.33. The number of hydrogen-bond donors (Lipinski definition) is 1. The summed E-state index contributed by atoms with van der Waals surface area (Å²) in [6, 6.07) is 6.58. The van der Waals surface area contributed by atoms with E-state index < -0.39 is 11.8 Å². The lowest BCUT2D eigenvalue weighted by atomic mass is 10.1. The Morgan fingerprint density at radius 2 is 1.76 bits per heavy atom. The fourth-order valence-electron chi connectivity index (χ4n) is 1.68. The number of rotatable bonds is 4. The summed E-state index contributed by atoms with van der Waals surface area (Å²) in [5.41, 5.74) is 0.711. The van der Waals surface area contributed by atoms with Crippen LogP contribution in [0.4, 0.5) is 0 Å². The topological polar surface area (TPSA) is 66.8 Å². The number of hydrogen-bond acceptors (Lipinski definition) is 4. The quantitative estimate of drug-likeness (QED) is 0.790. The van der Waals surface area contributed by atoms with Crippen LogP contribution >= 0.6 is 0 Å². The minimum Gasteiger partial charge on any atom is -0.396 e. The zero-order valence-corrected chi connectivity index (χ0v) is 9.42. The van der Waals surface area contributed by atoms with Gasteiger partial charge in [-0.1, -0.05) is 12.1 Å². The van der Waals surface area contributed by atoms with Crippen molar-refractivity contribution < 1.29 is 19.5 Å². The summed E-state index contributed by atoms with van der Waals surface area (Å²) >= 11 is 0. The van der Waals surface area contributed by atoms with Crippen molar-refractivity contribution in [1.82, 2.24) is 5.06 Å². The number of aliphatic hydroxyl groups is 1. The standard InChI is InChI=1S/C12H13NO4/c1-8(6-7-14)17-13-11(15)9-4-2-3-5-10(9)12(13)16/h2-5,8,14H,6-7H2,1H3/t8-/m1/s1. The zero-order valence-electron chi connectivity index (χ0n) is 9.42. The van der Waals surface area contributed by atoms with Gasteiger partial charge in [0.25, 0.3) is 11.8 Å². The van der Waals surface area contributed by atoms with Crippen LogP contribution in [0.15, 0.2) is 24.3 Å². The largest absolute Gasteiger partial charge is 0.396 e. The molecule has 2 amide bonds. The molecule has 5 heteroatoms. The van der Waals surface area contributed by atoms with Crippen LogP contribution < -0.4 is 0 Å². The monoisotopic (exact) mass is 235 g/mol. The number of imide groups is 1. The maximum Gasteiger partial charge on any atom is 0.285 e. The average Bonchev–Trinajstić information content (AvgIpc) is 2.56. The van der Waals surface area contributed by atoms with Gasteiger partial charge in [0, 0.05) is 6.61 Å². The maximum atomic E-state index is 11.9. The van der Waals surface area contributed by atoms with Crippen molar-refractivity contribution >= 4 is 11.8 Å². The Hall–Kier alpha value is -1.72. The van der Waals surface area contributed by atoms with Gasteiger partial charge in [0.15, 0.2) is 0 Å². The van der Waals surface area contributed by atoms with E-state index in [0.29, 0.717) is 17.5 Å². The van der Waals surface area contributed by atoms with Gasteiger partial charge in [0.1, 0.15) is 0 Å². The number of hydroxylamine groups is 2. The molecule has 1 aromatic carbocycles. The van der Waals surface area contributed by atoms with E-state index in [1.165, 1.54) is 0 Å². The molecule has 90 valence electrons. The predicted octanol–water partition coefficient (Wildman–Crippen LogP) is 0.985. The van der Waals surface area contributed by atoms with E-state index in [9.17, 15) is 9.59 Å². The molecular formula is C12H13NO4. The number of aliphatic hydroxyl groups excluding tert-OH is 1. The zero-order chi connectivity index (χ0) is 12.4. The van der Waals surface area contributed by atoms with E-state index in [1.54, 1.807) is 31.2 Å². The van der Waals surface area contributed by atoms with Gasteiger partial charge in [-0.05, 0) is 25.5 Å². The fraction of sp³-hybridized carbons (Fsp3) is 0.333. The molecule has 0 bridgehead atoms. The smallest absolute Gasteiger partial charge is 0.285 e. The molecule has 0 fully saturated rings. The van der Waals surface area contributed by atoms with Gasteiger partial charge >= 0.3 is 0 Å². The highest BCUT2D eigenvalue weighted by atomic mass is 16.7. The first-order valence-corrected chi connectivity index (χ1v) is 5.40. The van der Waals surface area contributed by atoms with Gasteiger partial charge in [-0.15, -0.1) is 5.06 Å². The van der Waals surface area contributed by atoms with Gasteiger partial charge in [-0.2, -0.15) is 0 Å². The van der Waals surface area contributed by atoms with Crippen molar-refractivity contribution in [2.24, 2.45) is 0 Å². The highest BCUT2D eigenvalue weighted by Gasteiger charge is 2.37. The van der Waals surface area contributed by atoms with Crippen LogP contribution in [0, 0.1) is 0 Å². The third-order valence-corrected chi connectivity index (χ3v) is 2.58. The Morgan fingerprint density at radius 1 is 1.24 bits per heavy atom. The molecule has 2 rings (SSSR count). The first kappa shape index (κ1) is 11.8. The number of fused-ring (bicyclic) bond motifs is 1. The van der Waals surface area contributed by atoms with Gasteiger partial charge in [-0.3, -0.25) is 14.4 Å². The summed E-state index contributed by atoms with van der Waals surface area (Å²) in [7, 11) is 0. The molecule has 0 radical (unpaired) electrons. The molecule has 17 heavy (non-hydrogen) atoms.